The van der Waals surface area contributed by atoms with E-state index in [2.05, 4.69) is 25.3 Å². The van der Waals surface area contributed by atoms with E-state index in [0.29, 0.717) is 49.5 Å². The van der Waals surface area contributed by atoms with Crippen LogP contribution in [0, 0.1) is 46.3 Å². The Morgan fingerprint density at radius 2 is 1.54 bits per heavy atom. The Morgan fingerprint density at radius 1 is 0.892 bits per heavy atom. The average molecular weight is 555 g/mol. The zero-order valence-electron chi connectivity index (χ0n) is 23.9. The van der Waals surface area contributed by atoms with Crippen LogP contribution >= 0.6 is 8.60 Å². The maximum Gasteiger partial charge on any atom is 0.391 e. The van der Waals surface area contributed by atoms with E-state index in [9.17, 15) is 13.2 Å². The molecule has 4 nitrogen and oxygen atoms in total. The number of aliphatic hydroxyl groups excluding tert-OH is 1. The van der Waals surface area contributed by atoms with E-state index >= 15 is 0 Å². The minimum absolute atomic E-state index is 0.123. The van der Waals surface area contributed by atoms with Crippen LogP contribution in [0.15, 0.2) is 0 Å². The van der Waals surface area contributed by atoms with Crippen LogP contribution in [0.25, 0.3) is 0 Å². The molecule has 4 rings (SSSR count). The van der Waals surface area contributed by atoms with Crippen molar-refractivity contribution in [3.05, 3.63) is 0 Å². The topological polar surface area (TPSA) is 69.9 Å². The van der Waals surface area contributed by atoms with E-state index in [1.807, 2.05) is 13.8 Å². The van der Waals surface area contributed by atoms with Gasteiger partial charge >= 0.3 is 14.8 Å². The van der Waals surface area contributed by atoms with Crippen LogP contribution in [0.3, 0.4) is 0 Å². The maximum atomic E-state index is 13.3. The Bertz CT molecular complexity index is 664. The summed E-state index contributed by atoms with van der Waals surface area (Å²) in [5, 5.41) is 8.26. The van der Waals surface area contributed by atoms with E-state index < -0.39 is 20.7 Å². The molecule has 0 radical (unpaired) electrons. The molecule has 0 aliphatic heterocycles. The molecule has 0 heterocycles. The van der Waals surface area contributed by atoms with E-state index in [1.165, 1.54) is 44.9 Å². The number of aliphatic hydroxyl groups is 1. The van der Waals surface area contributed by atoms with Gasteiger partial charge in [0.1, 0.15) is 0 Å². The lowest BCUT2D eigenvalue weighted by Gasteiger charge is -2.61. The molecule has 0 spiro atoms. The summed E-state index contributed by atoms with van der Waals surface area (Å²) in [4.78, 5) is 16.4. The molecule has 8 heteroatoms. The van der Waals surface area contributed by atoms with Crippen LogP contribution in [-0.4, -0.2) is 34.3 Å². The number of halogens is 3. The molecule has 0 aromatic heterocycles. The van der Waals surface area contributed by atoms with E-state index in [-0.39, 0.29) is 12.0 Å². The van der Waals surface area contributed by atoms with Gasteiger partial charge < -0.3 is 19.4 Å². The summed E-state index contributed by atoms with van der Waals surface area (Å²) in [6.07, 6.45) is 9.22. The van der Waals surface area contributed by atoms with Gasteiger partial charge in [0.05, 0.1) is 12.5 Å². The number of unbranched alkanes of at least 4 members (excludes halogenated alkanes) is 1. The third-order valence-electron chi connectivity index (χ3n) is 10.7. The predicted octanol–water partition coefficient (Wildman–Crippen LogP) is 8.64. The molecule has 37 heavy (non-hydrogen) atoms. The van der Waals surface area contributed by atoms with Gasteiger partial charge in [-0.25, -0.2) is 0 Å². The van der Waals surface area contributed by atoms with Gasteiger partial charge in [-0.1, -0.05) is 47.5 Å². The second-order valence-electron chi connectivity index (χ2n) is 12.3. The van der Waals surface area contributed by atoms with Gasteiger partial charge in [-0.3, -0.25) is 0 Å². The molecule has 4 saturated carbocycles. The van der Waals surface area contributed by atoms with Crippen LogP contribution < -0.4 is 0 Å². The van der Waals surface area contributed by atoms with Gasteiger partial charge in [0, 0.05) is 6.61 Å². The normalized spacial score (nSPS) is 38.9. The molecule has 4 aliphatic rings. The van der Waals surface area contributed by atoms with Crippen molar-refractivity contribution in [2.24, 2.45) is 46.3 Å². The van der Waals surface area contributed by atoms with E-state index in [4.69, 9.17) is 14.9 Å². The van der Waals surface area contributed by atoms with Crippen molar-refractivity contribution in [1.82, 2.24) is 0 Å². The molecule has 3 N–H and O–H groups in total. The van der Waals surface area contributed by atoms with Crippen molar-refractivity contribution in [2.45, 2.75) is 124 Å². The Labute approximate surface area is 225 Å². The summed E-state index contributed by atoms with van der Waals surface area (Å²) >= 11 is 0. The molecule has 0 amide bonds. The van der Waals surface area contributed by atoms with Crippen molar-refractivity contribution in [2.75, 3.05) is 13.2 Å². The number of hydrogen-bond acceptors (Lipinski definition) is 4. The van der Waals surface area contributed by atoms with Crippen LogP contribution in [0.1, 0.15) is 118 Å². The van der Waals surface area contributed by atoms with Crippen molar-refractivity contribution in [1.29, 1.82) is 0 Å². The molecule has 0 aromatic rings. The Balaban J connectivity index is 0.000000374. The maximum absolute atomic E-state index is 13.3. The predicted molar refractivity (Wildman–Crippen MR) is 145 cm³/mol. The second kappa shape index (κ2) is 14.6. The first kappa shape index (κ1) is 33.3. The molecule has 220 valence electrons. The minimum Gasteiger partial charge on any atom is -0.396 e. The Kier molecular flexibility index (Phi) is 13.1. The van der Waals surface area contributed by atoms with Crippen molar-refractivity contribution in [3.63, 3.8) is 0 Å². The summed E-state index contributed by atoms with van der Waals surface area (Å²) in [5.74, 6) is 2.49. The first-order valence-electron chi connectivity index (χ1n) is 15.0. The second-order valence-corrected chi connectivity index (χ2v) is 13.1. The van der Waals surface area contributed by atoms with Gasteiger partial charge in [-0.15, -0.1) is 0 Å². The van der Waals surface area contributed by atoms with Crippen molar-refractivity contribution in [3.8, 4) is 0 Å². The average Bonchev–Trinajstić information content (AvgIpc) is 3.19. The number of alkyl halides is 3. The molecule has 0 bridgehead atoms. The summed E-state index contributed by atoms with van der Waals surface area (Å²) in [6, 6.07) is 0. The highest BCUT2D eigenvalue weighted by atomic mass is 31.2. The van der Waals surface area contributed by atoms with Gasteiger partial charge in [0.25, 0.3) is 0 Å². The monoisotopic (exact) mass is 554 g/mol. The lowest BCUT2D eigenvalue weighted by Crippen LogP contribution is -2.54. The zero-order valence-corrected chi connectivity index (χ0v) is 24.8. The highest BCUT2D eigenvalue weighted by Gasteiger charge is 2.61. The largest absolute Gasteiger partial charge is 0.396 e. The molecule has 0 saturated heterocycles. The van der Waals surface area contributed by atoms with Crippen LogP contribution in [0.4, 0.5) is 13.2 Å². The highest BCUT2D eigenvalue weighted by molar-refractivity contribution is 7.39. The molecule has 4 aliphatic carbocycles. The van der Waals surface area contributed by atoms with E-state index in [0.717, 1.165) is 30.6 Å². The zero-order chi connectivity index (χ0) is 27.9. The fourth-order valence-electron chi connectivity index (χ4n) is 8.85. The quantitative estimate of drug-likeness (QED) is 0.218. The smallest absolute Gasteiger partial charge is 0.391 e. The molecular formula is C29H54F3O4P. The van der Waals surface area contributed by atoms with Gasteiger partial charge in [0.15, 0.2) is 0 Å². The number of rotatable bonds is 7. The lowest BCUT2D eigenvalue weighted by atomic mass is 9.44. The minimum atomic E-state index is -3.98. The van der Waals surface area contributed by atoms with Crippen molar-refractivity contribution < 1.29 is 32.6 Å². The first-order chi connectivity index (χ1) is 17.5. The summed E-state index contributed by atoms with van der Waals surface area (Å²) in [7, 11) is -2.20. The molecule has 4 fully saturated rings. The highest BCUT2D eigenvalue weighted by Crippen LogP contribution is 2.68. The summed E-state index contributed by atoms with van der Waals surface area (Å²) < 4.78 is 44.3. The fraction of sp³-hybridized carbons (Fsp3) is 1.00. The van der Waals surface area contributed by atoms with E-state index in [1.54, 1.807) is 0 Å². The Hall–Kier alpha value is 0.0600. The van der Waals surface area contributed by atoms with Crippen LogP contribution in [0.5, 0.6) is 0 Å². The number of hydrogen-bond donors (Lipinski definition) is 3. The fourth-order valence-corrected chi connectivity index (χ4v) is 9.14. The number of fused-ring (bicyclic) bond motifs is 5. The molecule has 0 aromatic carbocycles. The van der Waals surface area contributed by atoms with Crippen LogP contribution in [-0.2, 0) is 4.52 Å². The van der Waals surface area contributed by atoms with Crippen molar-refractivity contribution >= 4 is 8.60 Å². The molecular weight excluding hydrogens is 500 g/mol. The summed E-state index contributed by atoms with van der Waals surface area (Å²) in [6.45, 7) is 11.7. The van der Waals surface area contributed by atoms with Gasteiger partial charge in [-0.2, -0.15) is 13.2 Å². The van der Waals surface area contributed by atoms with Gasteiger partial charge in [-0.05, 0) is 111 Å². The van der Waals surface area contributed by atoms with Crippen LogP contribution in [0.2, 0.25) is 0 Å². The summed E-state index contributed by atoms with van der Waals surface area (Å²) in [5.41, 5.74) is 0.693. The molecule has 8 atom stereocenters. The standard InChI is InChI=1S/C23H37F3.C4H11O4P.C2H6/c1-4-5-15-7-9-19-18-8-6-16-14-17(23(24,25)26)10-12-22(16,3)20(18)11-13-21(15,19)2;5-3-1-2-4-8-9(6)7;1-2/h15-20H,4-14H2,1-3H3;5-7H,1-4H2;1-2H3. The third-order valence-corrected chi connectivity index (χ3v) is 11.1. The third kappa shape index (κ3) is 7.84. The van der Waals surface area contributed by atoms with Gasteiger partial charge in [0.2, 0.25) is 0 Å². The Morgan fingerprint density at radius 3 is 2.14 bits per heavy atom. The SMILES string of the molecule is CC.CCCC1CCC2C3CCC4CC(C(F)(F)F)CCC4(C)C3CCC12C.OCCCCOP(O)O. The lowest BCUT2D eigenvalue weighted by molar-refractivity contribution is -0.208. The first-order valence-corrected chi connectivity index (χ1v) is 16.1. The molecule has 8 unspecified atom stereocenters.